The molecule has 14 heteroatoms. The molecule has 1 aliphatic heterocycles. The molecule has 2 amide bonds. The van der Waals surface area contributed by atoms with Crippen LogP contribution in [-0.2, 0) is 27.2 Å². The Morgan fingerprint density at radius 1 is 0.977 bits per heavy atom. The van der Waals surface area contributed by atoms with Gasteiger partial charge in [-0.1, -0.05) is 24.3 Å². The van der Waals surface area contributed by atoms with E-state index in [9.17, 15) is 9.59 Å². The number of nitrogens with two attached hydrogens (primary N) is 2. The molecule has 43 heavy (non-hydrogen) atoms. The van der Waals surface area contributed by atoms with Gasteiger partial charge in [-0.2, -0.15) is 9.97 Å². The lowest BCUT2D eigenvalue weighted by Crippen LogP contribution is -2.41. The maximum Gasteiger partial charge on any atom is 0.494 e. The lowest BCUT2D eigenvalue weighted by Gasteiger charge is -2.32. The summed E-state index contributed by atoms with van der Waals surface area (Å²) >= 11 is 0. The molecule has 0 saturated carbocycles. The number of aromatic nitrogens is 4. The van der Waals surface area contributed by atoms with Crippen LogP contribution in [0.2, 0.25) is 0 Å². The SMILES string of the molecule is CN(Cc1cnc2nc(N)nc(NC(=O)OCc3ccc(B4OC(C)(C)C(C)(C)O4)cc3)c2n1)c1ccc(C(N)=O)cc1. The van der Waals surface area contributed by atoms with E-state index < -0.39 is 30.3 Å². The van der Waals surface area contributed by atoms with Crippen LogP contribution in [-0.4, -0.2) is 57.3 Å². The molecule has 0 bridgehead atoms. The van der Waals surface area contributed by atoms with Gasteiger partial charge in [0.25, 0.3) is 0 Å². The van der Waals surface area contributed by atoms with Crippen LogP contribution in [0.25, 0.3) is 11.2 Å². The first-order valence-electron chi connectivity index (χ1n) is 13.6. The van der Waals surface area contributed by atoms with Gasteiger partial charge in [-0.05, 0) is 63.0 Å². The van der Waals surface area contributed by atoms with Gasteiger partial charge >= 0.3 is 13.2 Å². The van der Waals surface area contributed by atoms with E-state index in [1.54, 1.807) is 30.5 Å². The lowest BCUT2D eigenvalue weighted by atomic mass is 9.79. The molecule has 0 atom stereocenters. The van der Waals surface area contributed by atoms with Crippen molar-refractivity contribution in [2.45, 2.75) is 52.0 Å². The minimum atomic E-state index is -0.742. The number of nitrogens with one attached hydrogen (secondary N) is 1. The maximum absolute atomic E-state index is 12.7. The molecule has 5 N–H and O–H groups in total. The summed E-state index contributed by atoms with van der Waals surface area (Å²) in [7, 11) is 1.39. The van der Waals surface area contributed by atoms with Crippen LogP contribution in [0.15, 0.2) is 54.7 Å². The predicted molar refractivity (Wildman–Crippen MR) is 163 cm³/mol. The van der Waals surface area contributed by atoms with Crippen molar-refractivity contribution >= 4 is 53.2 Å². The second-order valence-electron chi connectivity index (χ2n) is 11.3. The number of carbonyl (C=O) groups excluding carboxylic acids is 2. The second-order valence-corrected chi connectivity index (χ2v) is 11.3. The third kappa shape index (κ3) is 6.50. The van der Waals surface area contributed by atoms with E-state index in [2.05, 4.69) is 25.3 Å². The van der Waals surface area contributed by atoms with Crippen LogP contribution in [0.3, 0.4) is 0 Å². The van der Waals surface area contributed by atoms with Crippen molar-refractivity contribution < 1.29 is 23.6 Å². The number of amides is 2. The molecular formula is C29H33BN8O5. The number of anilines is 3. The fraction of sp³-hybridized carbons (Fsp3) is 0.310. The van der Waals surface area contributed by atoms with E-state index in [1.165, 1.54) is 0 Å². The van der Waals surface area contributed by atoms with Gasteiger partial charge in [-0.15, -0.1) is 0 Å². The summed E-state index contributed by atoms with van der Waals surface area (Å²) in [6.45, 7) is 8.39. The highest BCUT2D eigenvalue weighted by atomic mass is 16.7. The predicted octanol–water partition coefficient (Wildman–Crippen LogP) is 2.79. The molecule has 4 aromatic rings. The van der Waals surface area contributed by atoms with Gasteiger partial charge in [-0.3, -0.25) is 10.1 Å². The number of primary amides is 1. The van der Waals surface area contributed by atoms with Gasteiger partial charge in [-0.25, -0.2) is 14.8 Å². The summed E-state index contributed by atoms with van der Waals surface area (Å²) in [6.07, 6.45) is 0.826. The molecule has 13 nitrogen and oxygen atoms in total. The Kier molecular flexibility index (Phi) is 7.91. The quantitative estimate of drug-likeness (QED) is 0.259. The monoisotopic (exact) mass is 584 g/mol. The first-order valence-corrected chi connectivity index (χ1v) is 13.6. The van der Waals surface area contributed by atoms with Crippen LogP contribution < -0.4 is 27.1 Å². The van der Waals surface area contributed by atoms with Gasteiger partial charge in [0.1, 0.15) is 6.61 Å². The number of hydrogen-bond acceptors (Lipinski definition) is 11. The zero-order chi connectivity index (χ0) is 30.9. The largest absolute Gasteiger partial charge is 0.494 e. The van der Waals surface area contributed by atoms with Crippen molar-refractivity contribution in [3.8, 4) is 0 Å². The van der Waals surface area contributed by atoms with E-state index in [0.717, 1.165) is 16.7 Å². The topological polar surface area (TPSA) is 181 Å². The molecule has 222 valence electrons. The minimum Gasteiger partial charge on any atom is -0.444 e. The van der Waals surface area contributed by atoms with Gasteiger partial charge in [0.2, 0.25) is 11.9 Å². The van der Waals surface area contributed by atoms with Gasteiger partial charge in [0.15, 0.2) is 17.0 Å². The zero-order valence-corrected chi connectivity index (χ0v) is 24.6. The smallest absolute Gasteiger partial charge is 0.444 e. The summed E-state index contributed by atoms with van der Waals surface area (Å²) < 4.78 is 17.6. The number of hydrogen-bond donors (Lipinski definition) is 3. The van der Waals surface area contributed by atoms with Gasteiger partial charge in [0, 0.05) is 18.3 Å². The third-order valence-corrected chi connectivity index (χ3v) is 7.56. The Labute approximate surface area is 249 Å². The van der Waals surface area contributed by atoms with Crippen molar-refractivity contribution in [1.29, 1.82) is 0 Å². The standard InChI is InChI=1S/C29H33BN8O5/c1-28(2)29(3,4)43-30(42-28)19-10-6-17(7-11-19)16-41-27(40)37-25-22-24(35-26(32)36-25)33-14-20(34-22)15-38(5)21-12-8-18(9-13-21)23(31)39/h6-14H,15-16H2,1-5H3,(H2,31,39)(H3,32,33,35,36,37,40). The molecule has 3 heterocycles. The Balaban J connectivity index is 1.24. The zero-order valence-electron chi connectivity index (χ0n) is 24.6. The summed E-state index contributed by atoms with van der Waals surface area (Å²) in [5.74, 6) is -0.496. The summed E-state index contributed by atoms with van der Waals surface area (Å²) in [6, 6.07) is 14.3. The fourth-order valence-electron chi connectivity index (χ4n) is 4.37. The second kappa shape index (κ2) is 11.5. The van der Waals surface area contributed by atoms with Gasteiger partial charge in [0.05, 0.1) is 29.6 Å². The first kappa shape index (κ1) is 29.7. The Morgan fingerprint density at radius 3 is 2.26 bits per heavy atom. The molecule has 1 aliphatic rings. The maximum atomic E-state index is 12.7. The van der Waals surface area contributed by atoms with Gasteiger partial charge < -0.3 is 30.4 Å². The van der Waals surface area contributed by atoms with E-state index in [0.29, 0.717) is 17.8 Å². The molecule has 1 saturated heterocycles. The summed E-state index contributed by atoms with van der Waals surface area (Å²) in [5, 5.41) is 2.61. The molecule has 0 radical (unpaired) electrons. The van der Waals surface area contributed by atoms with E-state index in [1.807, 2.05) is 63.9 Å². The highest BCUT2D eigenvalue weighted by molar-refractivity contribution is 6.62. The summed E-state index contributed by atoms with van der Waals surface area (Å²) in [5.41, 5.74) is 14.3. The fourth-order valence-corrected chi connectivity index (χ4v) is 4.37. The normalized spacial score (nSPS) is 15.3. The number of ether oxygens (including phenoxy) is 1. The first-order chi connectivity index (χ1) is 20.3. The lowest BCUT2D eigenvalue weighted by molar-refractivity contribution is 0.00578. The van der Waals surface area contributed by atoms with Crippen LogP contribution >= 0.6 is 0 Å². The number of rotatable bonds is 8. The number of benzene rings is 2. The third-order valence-electron chi connectivity index (χ3n) is 7.56. The minimum absolute atomic E-state index is 0.0181. The molecular weight excluding hydrogens is 551 g/mol. The van der Waals surface area contributed by atoms with Crippen molar-refractivity contribution in [3.63, 3.8) is 0 Å². The van der Waals surface area contributed by atoms with Crippen LogP contribution in [0.1, 0.15) is 49.3 Å². The summed E-state index contributed by atoms with van der Waals surface area (Å²) in [4.78, 5) is 43.2. The molecule has 0 spiro atoms. The van der Waals surface area contributed by atoms with Crippen molar-refractivity contribution in [2.24, 2.45) is 5.73 Å². The Hall–Kier alpha value is -4.82. The highest BCUT2D eigenvalue weighted by Crippen LogP contribution is 2.36. The van der Waals surface area contributed by atoms with Crippen LogP contribution in [0.5, 0.6) is 0 Å². The van der Waals surface area contributed by atoms with E-state index >= 15 is 0 Å². The van der Waals surface area contributed by atoms with Crippen molar-refractivity contribution in [2.75, 3.05) is 23.0 Å². The number of fused-ring (bicyclic) bond motifs is 1. The van der Waals surface area contributed by atoms with E-state index in [4.69, 9.17) is 25.5 Å². The highest BCUT2D eigenvalue weighted by Gasteiger charge is 2.51. The van der Waals surface area contributed by atoms with E-state index in [-0.39, 0.29) is 29.5 Å². The number of nitrogens with zero attached hydrogens (tertiary/aromatic N) is 5. The van der Waals surface area contributed by atoms with Crippen LogP contribution in [0, 0.1) is 0 Å². The molecule has 2 aromatic heterocycles. The number of carbonyl (C=O) groups is 2. The Morgan fingerprint density at radius 2 is 1.63 bits per heavy atom. The Bertz CT molecular complexity index is 1650. The molecule has 2 aromatic carbocycles. The average Bonchev–Trinajstić information content (AvgIpc) is 3.18. The molecule has 1 fully saturated rings. The molecule has 5 rings (SSSR count). The van der Waals surface area contributed by atoms with Crippen molar-refractivity contribution in [1.82, 2.24) is 19.9 Å². The van der Waals surface area contributed by atoms with Crippen LogP contribution in [0.4, 0.5) is 22.2 Å². The number of nitrogen functional groups attached to an aromatic ring is 1. The average molecular weight is 584 g/mol. The molecule has 0 aliphatic carbocycles. The van der Waals surface area contributed by atoms with Crippen molar-refractivity contribution in [3.05, 3.63) is 71.5 Å². The molecule has 0 unspecified atom stereocenters.